The van der Waals surface area contributed by atoms with E-state index < -0.39 is 0 Å². The Morgan fingerprint density at radius 2 is 1.82 bits per heavy atom. The third kappa shape index (κ3) is 2.65. The summed E-state index contributed by atoms with van der Waals surface area (Å²) in [6.07, 6.45) is 0. The Bertz CT molecular complexity index is 907. The number of hydrogen-bond acceptors (Lipinski definition) is 2. The molecule has 0 radical (unpaired) electrons. The van der Waals surface area contributed by atoms with E-state index in [1.165, 1.54) is 0 Å². The number of amides is 1. The van der Waals surface area contributed by atoms with Crippen molar-refractivity contribution >= 4 is 34.0 Å². The van der Waals surface area contributed by atoms with E-state index in [0.29, 0.717) is 21.8 Å². The number of anilines is 1. The van der Waals surface area contributed by atoms with Gasteiger partial charge in [0.15, 0.2) is 0 Å². The molecule has 3 nitrogen and oxygen atoms in total. The second-order valence-electron chi connectivity index (χ2n) is 4.79. The molecule has 0 bridgehead atoms. The van der Waals surface area contributed by atoms with Crippen molar-refractivity contribution in [2.75, 3.05) is 5.32 Å². The molecule has 22 heavy (non-hydrogen) atoms. The smallest absolute Gasteiger partial charge is 0.256 e. The van der Waals surface area contributed by atoms with Crippen molar-refractivity contribution in [3.05, 3.63) is 76.8 Å². The Morgan fingerprint density at radius 1 is 1.05 bits per heavy atom. The van der Waals surface area contributed by atoms with Gasteiger partial charge in [0, 0.05) is 11.3 Å². The standard InChI is InChI=1S/C18H11ClN2O/c19-17-10-14(9-8-13(17)11-20)21-18(22)16-7-3-5-12-4-1-2-6-15(12)16/h1-10H,(H,21,22). The van der Waals surface area contributed by atoms with E-state index >= 15 is 0 Å². The highest BCUT2D eigenvalue weighted by atomic mass is 35.5. The molecular formula is C18H11ClN2O. The van der Waals surface area contributed by atoms with Crippen molar-refractivity contribution in [1.29, 1.82) is 5.26 Å². The molecule has 3 aromatic carbocycles. The fraction of sp³-hybridized carbons (Fsp3) is 0. The predicted molar refractivity (Wildman–Crippen MR) is 88.1 cm³/mol. The highest BCUT2D eigenvalue weighted by Gasteiger charge is 2.10. The third-order valence-corrected chi connectivity index (χ3v) is 3.69. The second-order valence-corrected chi connectivity index (χ2v) is 5.19. The summed E-state index contributed by atoms with van der Waals surface area (Å²) in [5, 5.41) is 13.9. The number of rotatable bonds is 2. The molecule has 0 aliphatic rings. The lowest BCUT2D eigenvalue weighted by atomic mass is 10.0. The van der Waals surface area contributed by atoms with Crippen LogP contribution in [0.4, 0.5) is 5.69 Å². The number of benzene rings is 3. The molecule has 0 aromatic heterocycles. The monoisotopic (exact) mass is 306 g/mol. The molecule has 0 heterocycles. The molecule has 0 atom stereocenters. The fourth-order valence-electron chi connectivity index (χ4n) is 2.31. The van der Waals surface area contributed by atoms with Crippen molar-refractivity contribution in [1.82, 2.24) is 0 Å². The van der Waals surface area contributed by atoms with E-state index in [-0.39, 0.29) is 5.91 Å². The zero-order valence-corrected chi connectivity index (χ0v) is 12.3. The third-order valence-electron chi connectivity index (χ3n) is 3.38. The number of carbonyl (C=O) groups excluding carboxylic acids is 1. The molecular weight excluding hydrogens is 296 g/mol. The van der Waals surface area contributed by atoms with Gasteiger partial charge in [0.1, 0.15) is 6.07 Å². The second kappa shape index (κ2) is 5.88. The van der Waals surface area contributed by atoms with Gasteiger partial charge in [-0.25, -0.2) is 0 Å². The van der Waals surface area contributed by atoms with Crippen LogP contribution in [0.1, 0.15) is 15.9 Å². The van der Waals surface area contributed by atoms with Crippen LogP contribution >= 0.6 is 11.6 Å². The van der Waals surface area contributed by atoms with Gasteiger partial charge in [-0.05, 0) is 35.0 Å². The average molecular weight is 307 g/mol. The highest BCUT2D eigenvalue weighted by molar-refractivity contribution is 6.32. The Morgan fingerprint density at radius 3 is 2.59 bits per heavy atom. The van der Waals surface area contributed by atoms with Crippen molar-refractivity contribution in [2.45, 2.75) is 0 Å². The van der Waals surface area contributed by atoms with E-state index in [4.69, 9.17) is 16.9 Å². The number of carbonyl (C=O) groups is 1. The summed E-state index contributed by atoms with van der Waals surface area (Å²) < 4.78 is 0. The molecule has 0 spiro atoms. The van der Waals surface area contributed by atoms with Gasteiger partial charge in [0.2, 0.25) is 0 Å². The lowest BCUT2D eigenvalue weighted by Crippen LogP contribution is -2.12. The molecule has 3 aromatic rings. The van der Waals surface area contributed by atoms with Gasteiger partial charge in [-0.2, -0.15) is 5.26 Å². The number of nitriles is 1. The fourth-order valence-corrected chi connectivity index (χ4v) is 2.53. The lowest BCUT2D eigenvalue weighted by Gasteiger charge is -2.08. The van der Waals surface area contributed by atoms with Gasteiger partial charge in [0.05, 0.1) is 10.6 Å². The van der Waals surface area contributed by atoms with E-state index in [9.17, 15) is 4.79 Å². The van der Waals surface area contributed by atoms with Crippen molar-refractivity contribution in [3.63, 3.8) is 0 Å². The largest absolute Gasteiger partial charge is 0.322 e. The Kier molecular flexibility index (Phi) is 3.78. The summed E-state index contributed by atoms with van der Waals surface area (Å²) in [5.74, 6) is -0.211. The first-order chi connectivity index (χ1) is 10.7. The van der Waals surface area contributed by atoms with Gasteiger partial charge in [-0.3, -0.25) is 4.79 Å². The van der Waals surface area contributed by atoms with E-state index in [1.807, 2.05) is 42.5 Å². The Balaban J connectivity index is 1.94. The van der Waals surface area contributed by atoms with Crippen LogP contribution in [0.15, 0.2) is 60.7 Å². The molecule has 0 saturated heterocycles. The normalized spacial score (nSPS) is 10.2. The molecule has 0 saturated carbocycles. The summed E-state index contributed by atoms with van der Waals surface area (Å²) in [4.78, 5) is 12.5. The maximum Gasteiger partial charge on any atom is 0.256 e. The summed E-state index contributed by atoms with van der Waals surface area (Å²) in [6, 6.07) is 20.1. The number of hydrogen-bond donors (Lipinski definition) is 1. The predicted octanol–water partition coefficient (Wildman–Crippen LogP) is 4.62. The minimum Gasteiger partial charge on any atom is -0.322 e. The van der Waals surface area contributed by atoms with Crippen molar-refractivity contribution in [2.24, 2.45) is 0 Å². The minimum absolute atomic E-state index is 0.211. The van der Waals surface area contributed by atoms with Crippen molar-refractivity contribution in [3.8, 4) is 6.07 Å². The zero-order valence-electron chi connectivity index (χ0n) is 11.5. The molecule has 1 N–H and O–H groups in total. The van der Waals surface area contributed by atoms with Crippen LogP contribution in [0.25, 0.3) is 10.8 Å². The molecule has 0 aliphatic heterocycles. The molecule has 4 heteroatoms. The molecule has 0 unspecified atom stereocenters. The van der Waals surface area contributed by atoms with Crippen molar-refractivity contribution < 1.29 is 4.79 Å². The molecule has 3 rings (SSSR count). The molecule has 0 aliphatic carbocycles. The first-order valence-corrected chi connectivity index (χ1v) is 7.05. The number of fused-ring (bicyclic) bond motifs is 1. The lowest BCUT2D eigenvalue weighted by molar-refractivity contribution is 0.102. The summed E-state index contributed by atoms with van der Waals surface area (Å²) >= 11 is 5.98. The topological polar surface area (TPSA) is 52.9 Å². The first kappa shape index (κ1) is 14.1. The van der Waals surface area contributed by atoms with Crippen LogP contribution in [0.5, 0.6) is 0 Å². The van der Waals surface area contributed by atoms with Gasteiger partial charge in [0.25, 0.3) is 5.91 Å². The maximum atomic E-state index is 12.5. The molecule has 106 valence electrons. The number of halogens is 1. The van der Waals surface area contributed by atoms with Crippen LogP contribution in [0.2, 0.25) is 5.02 Å². The highest BCUT2D eigenvalue weighted by Crippen LogP contribution is 2.23. The molecule has 0 fully saturated rings. The number of nitrogens with one attached hydrogen (secondary N) is 1. The summed E-state index contributed by atoms with van der Waals surface area (Å²) in [6.45, 7) is 0. The Hall–Kier alpha value is -2.83. The van der Waals surface area contributed by atoms with Gasteiger partial charge in [-0.15, -0.1) is 0 Å². The van der Waals surface area contributed by atoms with Gasteiger partial charge in [-0.1, -0.05) is 48.0 Å². The van der Waals surface area contributed by atoms with E-state index in [0.717, 1.165) is 10.8 Å². The summed E-state index contributed by atoms with van der Waals surface area (Å²) in [5.41, 5.74) is 1.53. The van der Waals surface area contributed by atoms with Gasteiger partial charge < -0.3 is 5.32 Å². The van der Waals surface area contributed by atoms with E-state index in [2.05, 4.69) is 5.32 Å². The Labute approximate surface area is 132 Å². The average Bonchev–Trinajstić information content (AvgIpc) is 2.54. The number of nitrogens with zero attached hydrogens (tertiary/aromatic N) is 1. The SMILES string of the molecule is N#Cc1ccc(NC(=O)c2cccc3ccccc23)cc1Cl. The van der Waals surface area contributed by atoms with Crippen LogP contribution in [0, 0.1) is 11.3 Å². The van der Waals surface area contributed by atoms with E-state index in [1.54, 1.807) is 24.3 Å². The quantitative estimate of drug-likeness (QED) is 0.751. The van der Waals surface area contributed by atoms with Crippen LogP contribution < -0.4 is 5.32 Å². The van der Waals surface area contributed by atoms with Crippen LogP contribution in [-0.2, 0) is 0 Å². The van der Waals surface area contributed by atoms with Gasteiger partial charge >= 0.3 is 0 Å². The first-order valence-electron chi connectivity index (χ1n) is 6.68. The van der Waals surface area contributed by atoms with Crippen LogP contribution in [0.3, 0.4) is 0 Å². The van der Waals surface area contributed by atoms with Crippen LogP contribution in [-0.4, -0.2) is 5.91 Å². The molecule has 1 amide bonds. The summed E-state index contributed by atoms with van der Waals surface area (Å²) in [7, 11) is 0. The minimum atomic E-state index is -0.211. The zero-order chi connectivity index (χ0) is 15.5. The maximum absolute atomic E-state index is 12.5.